The smallest absolute Gasteiger partial charge is 0.244 e. The molecular formula is C23H21Cl2N3O4S. The van der Waals surface area contributed by atoms with E-state index in [1.165, 1.54) is 24.3 Å². The third-order valence-electron chi connectivity index (χ3n) is 4.52. The van der Waals surface area contributed by atoms with Gasteiger partial charge in [0.15, 0.2) is 0 Å². The highest BCUT2D eigenvalue weighted by Crippen LogP contribution is 2.19. The van der Waals surface area contributed by atoms with Crippen LogP contribution in [-0.4, -0.2) is 37.6 Å². The van der Waals surface area contributed by atoms with Crippen molar-refractivity contribution in [2.45, 2.75) is 11.8 Å². The fourth-order valence-electron chi connectivity index (χ4n) is 2.94. The Morgan fingerprint density at radius 2 is 1.24 bits per heavy atom. The summed E-state index contributed by atoms with van der Waals surface area (Å²) >= 11 is 11.9. The van der Waals surface area contributed by atoms with Crippen molar-refractivity contribution in [3.05, 3.63) is 88.4 Å². The van der Waals surface area contributed by atoms with Gasteiger partial charge >= 0.3 is 0 Å². The second-order valence-electron chi connectivity index (χ2n) is 7.20. The summed E-state index contributed by atoms with van der Waals surface area (Å²) in [6, 6.07) is 19.0. The third-order valence-corrected chi connectivity index (χ3v) is 6.79. The Morgan fingerprint density at radius 3 is 1.67 bits per heavy atom. The van der Waals surface area contributed by atoms with Crippen molar-refractivity contribution in [1.29, 1.82) is 0 Å². The number of nitrogens with zero attached hydrogens (tertiary/aromatic N) is 1. The summed E-state index contributed by atoms with van der Waals surface area (Å²) in [6.07, 6.45) is 0. The van der Waals surface area contributed by atoms with E-state index in [4.69, 9.17) is 23.2 Å². The summed E-state index contributed by atoms with van der Waals surface area (Å²) in [7, 11) is -4.15. The molecule has 3 rings (SSSR count). The van der Waals surface area contributed by atoms with Gasteiger partial charge in [0.2, 0.25) is 21.8 Å². The van der Waals surface area contributed by atoms with E-state index in [-0.39, 0.29) is 4.90 Å². The number of amides is 2. The summed E-state index contributed by atoms with van der Waals surface area (Å²) in [6.45, 7) is 0.669. The average molecular weight is 506 g/mol. The van der Waals surface area contributed by atoms with Gasteiger partial charge in [0.25, 0.3) is 0 Å². The number of hydrogen-bond donors (Lipinski definition) is 2. The topological polar surface area (TPSA) is 95.6 Å². The third kappa shape index (κ3) is 7.03. The van der Waals surface area contributed by atoms with Crippen LogP contribution in [0.1, 0.15) is 5.56 Å². The van der Waals surface area contributed by atoms with E-state index in [0.29, 0.717) is 21.4 Å². The van der Waals surface area contributed by atoms with E-state index in [0.717, 1.165) is 9.87 Å². The van der Waals surface area contributed by atoms with E-state index < -0.39 is 34.9 Å². The van der Waals surface area contributed by atoms with Crippen LogP contribution in [-0.2, 0) is 19.6 Å². The van der Waals surface area contributed by atoms with Crippen LogP contribution < -0.4 is 10.6 Å². The maximum absolute atomic E-state index is 13.3. The first-order valence-corrected chi connectivity index (χ1v) is 12.0. The Labute approximate surface area is 202 Å². The van der Waals surface area contributed by atoms with E-state index in [2.05, 4.69) is 10.6 Å². The van der Waals surface area contributed by atoms with Crippen LogP contribution in [0.2, 0.25) is 10.0 Å². The van der Waals surface area contributed by atoms with Gasteiger partial charge in [-0.15, -0.1) is 0 Å². The van der Waals surface area contributed by atoms with Crippen molar-refractivity contribution < 1.29 is 18.0 Å². The number of sulfonamides is 1. The van der Waals surface area contributed by atoms with Gasteiger partial charge in [0.1, 0.15) is 0 Å². The van der Waals surface area contributed by atoms with Crippen LogP contribution in [0.5, 0.6) is 0 Å². The molecule has 0 atom stereocenters. The molecule has 0 saturated carbocycles. The molecule has 0 unspecified atom stereocenters. The van der Waals surface area contributed by atoms with Gasteiger partial charge in [-0.1, -0.05) is 53.0 Å². The first-order valence-electron chi connectivity index (χ1n) is 9.81. The Balaban J connectivity index is 1.82. The molecule has 33 heavy (non-hydrogen) atoms. The maximum Gasteiger partial charge on any atom is 0.244 e. The number of anilines is 2. The van der Waals surface area contributed by atoms with Crippen LogP contribution in [0.4, 0.5) is 11.4 Å². The Hall–Kier alpha value is -2.91. The molecule has 0 fully saturated rings. The van der Waals surface area contributed by atoms with Crippen LogP contribution in [0.25, 0.3) is 0 Å². The quantitative estimate of drug-likeness (QED) is 0.468. The van der Waals surface area contributed by atoms with Crippen LogP contribution in [0, 0.1) is 6.92 Å². The van der Waals surface area contributed by atoms with Crippen LogP contribution >= 0.6 is 23.2 Å². The molecule has 2 amide bonds. The normalized spacial score (nSPS) is 11.3. The molecule has 0 aliphatic rings. The lowest BCUT2D eigenvalue weighted by molar-refractivity contribution is -0.118. The minimum absolute atomic E-state index is 0.0285. The van der Waals surface area contributed by atoms with Gasteiger partial charge in [-0.25, -0.2) is 8.42 Å². The molecule has 0 aliphatic carbocycles. The second kappa shape index (κ2) is 10.8. The van der Waals surface area contributed by atoms with Crippen LogP contribution in [0.15, 0.2) is 77.7 Å². The second-order valence-corrected chi connectivity index (χ2v) is 10.0. The van der Waals surface area contributed by atoms with Crippen molar-refractivity contribution in [2.75, 3.05) is 23.7 Å². The molecule has 3 aromatic carbocycles. The highest BCUT2D eigenvalue weighted by Gasteiger charge is 2.29. The number of carbonyl (C=O) groups is 2. The zero-order valence-corrected chi connectivity index (χ0v) is 19.9. The number of halogens is 2. The molecule has 0 spiro atoms. The minimum Gasteiger partial charge on any atom is -0.325 e. The van der Waals surface area contributed by atoms with E-state index in [1.54, 1.807) is 48.5 Å². The molecule has 3 aromatic rings. The van der Waals surface area contributed by atoms with Gasteiger partial charge in [-0.3, -0.25) is 9.59 Å². The molecule has 0 radical (unpaired) electrons. The van der Waals surface area contributed by atoms with Gasteiger partial charge in [-0.2, -0.15) is 4.31 Å². The SMILES string of the molecule is Cc1ccc(S(=O)(=O)N(CC(=O)Nc2cccc(Cl)c2)CC(=O)Nc2cccc(Cl)c2)cc1. The molecule has 2 N–H and O–H groups in total. The van der Waals surface area contributed by atoms with Gasteiger partial charge in [0, 0.05) is 21.4 Å². The lowest BCUT2D eigenvalue weighted by Gasteiger charge is -2.21. The predicted octanol–water partition coefficient (Wildman–Crippen LogP) is 4.57. The monoisotopic (exact) mass is 505 g/mol. The summed E-state index contributed by atoms with van der Waals surface area (Å²) in [5.74, 6) is -1.24. The maximum atomic E-state index is 13.3. The number of aryl methyl sites for hydroxylation is 1. The van der Waals surface area contributed by atoms with Crippen molar-refractivity contribution in [3.8, 4) is 0 Å². The summed E-state index contributed by atoms with van der Waals surface area (Å²) in [5.41, 5.74) is 1.69. The molecule has 172 valence electrons. The van der Waals surface area contributed by atoms with E-state index >= 15 is 0 Å². The molecule has 0 saturated heterocycles. The molecule has 0 aromatic heterocycles. The molecular weight excluding hydrogens is 485 g/mol. The zero-order chi connectivity index (χ0) is 24.0. The first-order chi connectivity index (χ1) is 15.6. The van der Waals surface area contributed by atoms with Crippen molar-refractivity contribution >= 4 is 56.4 Å². The van der Waals surface area contributed by atoms with Gasteiger partial charge < -0.3 is 10.6 Å². The fourth-order valence-corrected chi connectivity index (χ4v) is 4.67. The number of carbonyl (C=O) groups excluding carboxylic acids is 2. The van der Waals surface area contributed by atoms with Crippen molar-refractivity contribution in [2.24, 2.45) is 0 Å². The number of hydrogen-bond acceptors (Lipinski definition) is 4. The molecule has 10 heteroatoms. The molecule has 0 aliphatic heterocycles. The lowest BCUT2D eigenvalue weighted by Crippen LogP contribution is -2.42. The summed E-state index contributed by atoms with van der Waals surface area (Å²) < 4.78 is 27.3. The average Bonchev–Trinajstić information content (AvgIpc) is 2.73. The minimum atomic E-state index is -4.15. The highest BCUT2D eigenvalue weighted by atomic mass is 35.5. The Kier molecular flexibility index (Phi) is 8.10. The van der Waals surface area contributed by atoms with Gasteiger partial charge in [0.05, 0.1) is 18.0 Å². The molecule has 7 nitrogen and oxygen atoms in total. The Bertz CT molecular complexity index is 1200. The first kappa shape index (κ1) is 24.7. The number of nitrogens with one attached hydrogen (secondary N) is 2. The van der Waals surface area contributed by atoms with Crippen molar-refractivity contribution in [3.63, 3.8) is 0 Å². The summed E-state index contributed by atoms with van der Waals surface area (Å²) in [4.78, 5) is 25.3. The molecule has 0 bridgehead atoms. The Morgan fingerprint density at radius 1 is 0.788 bits per heavy atom. The van der Waals surface area contributed by atoms with Crippen molar-refractivity contribution in [1.82, 2.24) is 4.31 Å². The largest absolute Gasteiger partial charge is 0.325 e. The zero-order valence-electron chi connectivity index (χ0n) is 17.6. The molecule has 0 heterocycles. The van der Waals surface area contributed by atoms with E-state index in [1.807, 2.05) is 6.92 Å². The van der Waals surface area contributed by atoms with Gasteiger partial charge in [-0.05, 0) is 55.5 Å². The predicted molar refractivity (Wildman–Crippen MR) is 130 cm³/mol. The van der Waals surface area contributed by atoms with Crippen LogP contribution in [0.3, 0.4) is 0 Å². The van der Waals surface area contributed by atoms with E-state index in [9.17, 15) is 18.0 Å². The highest BCUT2D eigenvalue weighted by molar-refractivity contribution is 7.89. The standard InChI is InChI=1S/C23H21Cl2N3O4S/c1-16-8-10-21(11-9-16)33(31,32)28(14-22(29)26-19-6-2-4-17(24)12-19)15-23(30)27-20-7-3-5-18(25)13-20/h2-13H,14-15H2,1H3,(H,26,29)(H,27,30). The fraction of sp³-hybridized carbons (Fsp3) is 0.130. The number of rotatable bonds is 8. The summed E-state index contributed by atoms with van der Waals surface area (Å²) in [5, 5.41) is 6.02. The lowest BCUT2D eigenvalue weighted by atomic mass is 10.2. The number of benzene rings is 3.